The molecule has 6 rings (SSSR count). The molecule has 19 N–H and O–H groups in total. The molecule has 0 aromatic heterocycles. The molecule has 0 aromatic rings. The Kier molecular flexibility index (Phi) is 22.4. The van der Waals surface area contributed by atoms with Gasteiger partial charge >= 0.3 is 0 Å². The molecular weight excluding hydrogens is 1040 g/mol. The van der Waals surface area contributed by atoms with Crippen LogP contribution >= 0.6 is 0 Å². The quantitative estimate of drug-likeness (QED) is 0.0571. The predicted octanol–water partition coefficient (Wildman–Crippen LogP) is -12.6. The minimum Gasteiger partial charge on any atom is -0.394 e. The lowest BCUT2D eigenvalue weighted by Gasteiger charge is -2.50. The number of rotatable bonds is 19. The molecule has 0 bridgehead atoms. The number of hydrogen-bond acceptors (Lipinski definition) is 30. The first-order valence-electron chi connectivity index (χ1n) is 24.4. The van der Waals surface area contributed by atoms with Gasteiger partial charge in [-0.3, -0.25) is 14.4 Å². The minimum atomic E-state index is -2.13. The molecule has 6 fully saturated rings. The summed E-state index contributed by atoms with van der Waals surface area (Å²) in [6.07, 6.45) is -48.2. The first-order valence-corrected chi connectivity index (χ1v) is 24.4. The van der Waals surface area contributed by atoms with E-state index >= 15 is 0 Å². The van der Waals surface area contributed by atoms with Gasteiger partial charge in [0.2, 0.25) is 17.7 Å². The Hall–Kier alpha value is -2.67. The highest BCUT2D eigenvalue weighted by atomic mass is 16.8. The van der Waals surface area contributed by atoms with Gasteiger partial charge in [-0.15, -0.1) is 0 Å². The molecule has 0 spiro atoms. The van der Waals surface area contributed by atoms with Crippen LogP contribution in [0.2, 0.25) is 0 Å². The summed E-state index contributed by atoms with van der Waals surface area (Å²) in [5, 5.41) is 179. The number of carbonyl (C=O) groups is 3. The van der Waals surface area contributed by atoms with Crippen LogP contribution < -0.4 is 16.0 Å². The monoisotopic (exact) mass is 1110 g/mol. The molecule has 0 aromatic carbocycles. The first-order chi connectivity index (χ1) is 35.9. The molecule has 33 nitrogen and oxygen atoms in total. The van der Waals surface area contributed by atoms with E-state index in [0.29, 0.717) is 0 Å². The minimum absolute atomic E-state index is 0.542. The molecule has 6 saturated heterocycles. The highest BCUT2D eigenvalue weighted by Crippen LogP contribution is 2.36. The van der Waals surface area contributed by atoms with Crippen LogP contribution in [0.15, 0.2) is 0 Å². The van der Waals surface area contributed by atoms with Gasteiger partial charge in [-0.2, -0.15) is 0 Å². The lowest BCUT2D eigenvalue weighted by molar-refractivity contribution is -0.379. The topological polar surface area (TPSA) is 513 Å². The van der Waals surface area contributed by atoms with Crippen LogP contribution in [0.5, 0.6) is 0 Å². The van der Waals surface area contributed by atoms with Gasteiger partial charge in [0, 0.05) is 20.8 Å². The van der Waals surface area contributed by atoms with Crippen molar-refractivity contribution in [3.63, 3.8) is 0 Å². The lowest BCUT2D eigenvalue weighted by Crippen LogP contribution is -2.70. The third-order valence-corrected chi connectivity index (χ3v) is 13.9. The first kappa shape index (κ1) is 62.5. The average molecular weight is 1110 g/mol. The van der Waals surface area contributed by atoms with Gasteiger partial charge in [0.25, 0.3) is 0 Å². The predicted molar refractivity (Wildman–Crippen MR) is 237 cm³/mol. The lowest BCUT2D eigenvalue weighted by atomic mass is 9.92. The molecule has 3 amide bonds. The largest absolute Gasteiger partial charge is 0.394 e. The summed E-state index contributed by atoms with van der Waals surface area (Å²) in [6, 6.07) is -4.42. The Morgan fingerprint density at radius 1 is 0.355 bits per heavy atom. The highest BCUT2D eigenvalue weighted by molar-refractivity contribution is 5.74. The van der Waals surface area contributed by atoms with Gasteiger partial charge in [-0.05, 0) is 6.92 Å². The summed E-state index contributed by atoms with van der Waals surface area (Å²) in [7, 11) is 0. The summed E-state index contributed by atoms with van der Waals surface area (Å²) in [5.41, 5.74) is 0. The molecule has 6 aliphatic rings. The number of nitrogens with one attached hydrogen (secondary N) is 3. The highest BCUT2D eigenvalue weighted by Gasteiger charge is 2.57. The molecule has 33 heteroatoms. The van der Waals surface area contributed by atoms with Gasteiger partial charge in [-0.25, -0.2) is 0 Å². The van der Waals surface area contributed by atoms with Gasteiger partial charge in [0.05, 0.1) is 51.8 Å². The Morgan fingerprint density at radius 2 is 0.671 bits per heavy atom. The number of aliphatic hydroxyl groups is 16. The SMILES string of the molecule is CC(=O)NC1C(O)[C@H](O[C@@H]2OC(CO)[C@H](O)C(O)[C@@H]2O)[C@H](CO)O[C@H]1O[C@@H]1C(O)[C@H](O)C(CO)O[C@@H]1OCC1O[C@@H](O[C@@H]2C(CO)O[C@@H](O[C@@H]3C(CO)O[C@@H](C)C(NC(C)=O)[C@H]3O)C(NC(C)=O)[C@H]2O)[C@H](O)C(O)[C@@H]1O. The standard InChI is InChI=1S/C43H73N3O30/c1-11-21(44-12(2)52)27(58)35(17(7-49)67-11)73-39-22(45-13(3)53)28(59)37(18(8-50)70-39)75-42-34(65)31(62)26(57)20(72-42)10-66-43-38(32(63)25(56)16(6-48)69-43)76-40-23(46-14(4)54)29(60)36(19(9-51)71-40)74-41-33(64)30(61)24(55)15(5-47)68-41/h11,15-43,47-51,55-65H,5-10H2,1-4H3,(H,44,52)(H,45,53)(H,46,54)/t11-,15?,16?,17?,18?,19-,20?,21?,22?,23?,24-,25+,26+,27+,28+,29?,30?,31?,32?,33-,34+,35+,36+,37+,38+,39-,40-,41-,42-,43-/m0/s1. The van der Waals surface area contributed by atoms with Crippen molar-refractivity contribution in [2.75, 3.05) is 39.6 Å². The van der Waals surface area contributed by atoms with Crippen molar-refractivity contribution in [3.8, 4) is 0 Å². The Bertz CT molecular complexity index is 1870. The van der Waals surface area contributed by atoms with Gasteiger partial charge in [0.1, 0.15) is 140 Å². The maximum absolute atomic E-state index is 12.5. The van der Waals surface area contributed by atoms with E-state index in [1.807, 2.05) is 0 Å². The summed E-state index contributed by atoms with van der Waals surface area (Å²) >= 11 is 0. The average Bonchev–Trinajstić information content (AvgIpc) is 3.38. The smallest absolute Gasteiger partial charge is 0.217 e. The summed E-state index contributed by atoms with van der Waals surface area (Å²) in [4.78, 5) is 36.9. The second-order valence-corrected chi connectivity index (χ2v) is 19.3. The molecule has 0 aliphatic carbocycles. The fourth-order valence-corrected chi connectivity index (χ4v) is 9.86. The molecule has 12 unspecified atom stereocenters. The molecular formula is C43H73N3O30. The van der Waals surface area contributed by atoms with Crippen LogP contribution in [0.3, 0.4) is 0 Å². The van der Waals surface area contributed by atoms with Crippen LogP contribution in [0.4, 0.5) is 0 Å². The Labute approximate surface area is 432 Å². The number of amides is 3. The molecule has 0 saturated carbocycles. The van der Waals surface area contributed by atoms with E-state index in [-0.39, 0.29) is 0 Å². The van der Waals surface area contributed by atoms with Crippen molar-refractivity contribution in [1.82, 2.24) is 16.0 Å². The van der Waals surface area contributed by atoms with Crippen LogP contribution in [0.1, 0.15) is 27.7 Å². The summed E-state index contributed by atoms with van der Waals surface area (Å²) in [5.74, 6) is -2.13. The second kappa shape index (κ2) is 27.2. The molecule has 76 heavy (non-hydrogen) atoms. The zero-order valence-electron chi connectivity index (χ0n) is 41.4. The van der Waals surface area contributed by atoms with Crippen molar-refractivity contribution < 1.29 is 148 Å². The fraction of sp³-hybridized carbons (Fsp3) is 0.930. The number of ether oxygens (including phenoxy) is 11. The summed E-state index contributed by atoms with van der Waals surface area (Å²) < 4.78 is 63.9. The van der Waals surface area contributed by atoms with Crippen LogP contribution in [-0.2, 0) is 66.5 Å². The Morgan fingerprint density at radius 3 is 1.09 bits per heavy atom. The van der Waals surface area contributed by atoms with Gasteiger partial charge in [-0.1, -0.05) is 0 Å². The van der Waals surface area contributed by atoms with Crippen LogP contribution in [0.25, 0.3) is 0 Å². The van der Waals surface area contributed by atoms with E-state index in [2.05, 4.69) is 16.0 Å². The zero-order chi connectivity index (χ0) is 56.2. The number of hydrogen-bond donors (Lipinski definition) is 19. The molecule has 440 valence electrons. The molecule has 30 atom stereocenters. The summed E-state index contributed by atoms with van der Waals surface area (Å²) in [6.45, 7) is -0.577. The third kappa shape index (κ3) is 13.7. The molecule has 6 heterocycles. The van der Waals surface area contributed by atoms with E-state index in [1.165, 1.54) is 13.8 Å². The van der Waals surface area contributed by atoms with E-state index in [4.69, 9.17) is 52.1 Å². The third-order valence-electron chi connectivity index (χ3n) is 13.9. The zero-order valence-corrected chi connectivity index (χ0v) is 41.4. The van der Waals surface area contributed by atoms with Crippen molar-refractivity contribution in [2.24, 2.45) is 0 Å². The van der Waals surface area contributed by atoms with E-state index in [0.717, 1.165) is 13.8 Å². The van der Waals surface area contributed by atoms with Gasteiger partial charge in [0.15, 0.2) is 31.5 Å². The van der Waals surface area contributed by atoms with Crippen molar-refractivity contribution >= 4 is 17.7 Å². The van der Waals surface area contributed by atoms with E-state index in [9.17, 15) is 96.1 Å². The molecule has 6 aliphatic heterocycles. The van der Waals surface area contributed by atoms with Gasteiger partial charge < -0.3 is 150 Å². The van der Waals surface area contributed by atoms with E-state index < -0.39 is 241 Å². The van der Waals surface area contributed by atoms with Crippen LogP contribution in [0, 0.1) is 0 Å². The van der Waals surface area contributed by atoms with Crippen LogP contribution in [-0.4, -0.2) is 323 Å². The van der Waals surface area contributed by atoms with Crippen molar-refractivity contribution in [2.45, 2.75) is 212 Å². The normalized spacial score (nSPS) is 48.2. The number of carbonyl (C=O) groups excluding carboxylic acids is 3. The molecule has 0 radical (unpaired) electrons. The van der Waals surface area contributed by atoms with Crippen molar-refractivity contribution in [1.29, 1.82) is 0 Å². The maximum atomic E-state index is 12.5. The van der Waals surface area contributed by atoms with E-state index in [1.54, 1.807) is 0 Å². The Balaban J connectivity index is 1.19. The fourth-order valence-electron chi connectivity index (χ4n) is 9.86. The second-order valence-electron chi connectivity index (χ2n) is 19.3. The number of aliphatic hydroxyl groups excluding tert-OH is 16. The maximum Gasteiger partial charge on any atom is 0.217 e. The van der Waals surface area contributed by atoms with Crippen molar-refractivity contribution in [3.05, 3.63) is 0 Å².